The quantitative estimate of drug-likeness (QED) is 0.0240. The zero-order valence-corrected chi connectivity index (χ0v) is 90.6. The lowest BCUT2D eigenvalue weighted by Crippen LogP contribution is -2.05. The molecule has 0 radical (unpaired) electrons. The van der Waals surface area contributed by atoms with Gasteiger partial charge in [0.25, 0.3) is 0 Å². The molecule has 0 rings (SSSR count). The summed E-state index contributed by atoms with van der Waals surface area (Å²) in [6, 6.07) is 0. The molecule has 0 aliphatic rings. The molecule has 0 fully saturated rings. The summed E-state index contributed by atoms with van der Waals surface area (Å²) >= 11 is 0. The summed E-state index contributed by atoms with van der Waals surface area (Å²) in [5.41, 5.74) is 3.84. The maximum Gasteiger partial charge on any atom is 0.333 e. The van der Waals surface area contributed by atoms with Crippen LogP contribution in [0, 0.1) is 0 Å². The summed E-state index contributed by atoms with van der Waals surface area (Å²) in [6.07, 6.45) is 91.2. The molecule has 0 N–H and O–H groups in total. The normalized spacial score (nSPS) is 10.2. The highest BCUT2D eigenvalue weighted by Gasteiger charge is 2.10. The second kappa shape index (κ2) is 122. The molecule has 0 aliphatic carbocycles. The van der Waals surface area contributed by atoms with E-state index >= 15 is 0 Å². The van der Waals surface area contributed by atoms with Crippen LogP contribution in [-0.2, 0) is 76.3 Å². The molecule has 0 atom stereocenters. The van der Waals surface area contributed by atoms with Gasteiger partial charge in [-0.1, -0.05) is 506 Å². The van der Waals surface area contributed by atoms with Crippen molar-refractivity contribution in [3.63, 3.8) is 0 Å². The Morgan fingerprint density at radius 2 is 0.211 bits per heavy atom. The van der Waals surface area contributed by atoms with Gasteiger partial charge >= 0.3 is 47.8 Å². The molecule has 0 aromatic carbocycles. The van der Waals surface area contributed by atoms with Crippen LogP contribution in [0.3, 0.4) is 0 Å². The first-order valence-corrected chi connectivity index (χ1v) is 54.5. The van der Waals surface area contributed by atoms with Crippen molar-refractivity contribution < 1.29 is 76.3 Å². The van der Waals surface area contributed by atoms with Crippen LogP contribution in [0.2, 0.25) is 0 Å². The summed E-state index contributed by atoms with van der Waals surface area (Å²) in [6.45, 7) is 61.0. The van der Waals surface area contributed by atoms with E-state index in [2.05, 4.69) is 106 Å². The van der Waals surface area contributed by atoms with Crippen LogP contribution in [0.5, 0.6) is 0 Å². The second-order valence-corrected chi connectivity index (χ2v) is 37.0. The molecule has 0 saturated carbocycles. The van der Waals surface area contributed by atoms with Crippen molar-refractivity contribution in [3.8, 4) is 0 Å². The highest BCUT2D eigenvalue weighted by atomic mass is 16.6. The summed E-state index contributed by atoms with van der Waals surface area (Å²) in [7, 11) is 1.33. The van der Waals surface area contributed by atoms with Crippen molar-refractivity contribution in [3.05, 3.63) is 97.2 Å². The number of hydrogen-bond acceptors (Lipinski definition) is 16. The highest BCUT2D eigenvalue weighted by Crippen LogP contribution is 2.19. The minimum absolute atomic E-state index is 0.254. The Morgan fingerprint density at radius 1 is 0.135 bits per heavy atom. The number of carbonyl (C=O) groups excluding carboxylic acids is 8. The van der Waals surface area contributed by atoms with Crippen molar-refractivity contribution in [1.82, 2.24) is 0 Å². The van der Waals surface area contributed by atoms with E-state index in [0.717, 1.165) is 64.2 Å². The second-order valence-electron chi connectivity index (χ2n) is 37.0. The van der Waals surface area contributed by atoms with Gasteiger partial charge in [-0.3, -0.25) is 0 Å². The number of carbonyl (C=O) groups is 8. The summed E-state index contributed by atoms with van der Waals surface area (Å²) in [4.78, 5) is 87.6. The number of unbranched alkanes of at least 4 members (excludes halogenated alkanes) is 63. The predicted octanol–water partition coefficient (Wildman–Crippen LogP) is 35.9. The first kappa shape index (κ1) is 142. The lowest BCUT2D eigenvalue weighted by molar-refractivity contribution is -0.139. The molecule has 0 aromatic heterocycles. The van der Waals surface area contributed by atoms with Gasteiger partial charge in [-0.15, -0.1) is 0 Å². The van der Waals surface area contributed by atoms with Gasteiger partial charge in [0.05, 0.1) is 53.4 Å². The fourth-order valence-corrected chi connectivity index (χ4v) is 13.3. The highest BCUT2D eigenvalue weighted by molar-refractivity contribution is 5.89. The molecule has 0 heterocycles. The Labute approximate surface area is 823 Å². The zero-order chi connectivity index (χ0) is 101. The zero-order valence-electron chi connectivity index (χ0n) is 90.6. The van der Waals surface area contributed by atoms with Gasteiger partial charge in [0.2, 0.25) is 0 Å². The van der Waals surface area contributed by atoms with Crippen molar-refractivity contribution in [2.45, 2.75) is 553 Å². The number of rotatable bonds is 85. The maximum absolute atomic E-state index is 11.2. The van der Waals surface area contributed by atoms with E-state index in [0.29, 0.717) is 90.8 Å². The largest absolute Gasteiger partial charge is 0.466 e. The first-order chi connectivity index (χ1) is 63.9. The minimum atomic E-state index is -0.347. The molecule has 0 bridgehead atoms. The third-order valence-electron chi connectivity index (χ3n) is 22.1. The maximum atomic E-state index is 11.2. The van der Waals surface area contributed by atoms with E-state index in [1.165, 1.54) is 392 Å². The van der Waals surface area contributed by atoms with Crippen LogP contribution < -0.4 is 0 Å². The van der Waals surface area contributed by atoms with Crippen molar-refractivity contribution in [2.24, 2.45) is 0 Å². The molecule has 0 aliphatic heterocycles. The average Bonchev–Trinajstić information content (AvgIpc) is 1.03. The van der Waals surface area contributed by atoms with Gasteiger partial charge in [0, 0.05) is 44.6 Å². The van der Waals surface area contributed by atoms with Gasteiger partial charge in [-0.05, 0) is 100 Å². The molecular weight excluding hydrogens is 1660 g/mol. The Kier molecular flexibility index (Phi) is 130. The lowest BCUT2D eigenvalue weighted by Gasteiger charge is -2.05. The molecule has 782 valence electrons. The van der Waals surface area contributed by atoms with E-state index in [1.54, 1.807) is 55.4 Å². The van der Waals surface area contributed by atoms with Crippen LogP contribution in [0.4, 0.5) is 0 Å². The van der Waals surface area contributed by atoms with Crippen molar-refractivity contribution in [1.29, 1.82) is 0 Å². The molecule has 0 aromatic rings. The van der Waals surface area contributed by atoms with Crippen LogP contribution >= 0.6 is 0 Å². The number of hydrogen-bond donors (Lipinski definition) is 0. The predicted molar refractivity (Wildman–Crippen MR) is 570 cm³/mol. The van der Waals surface area contributed by atoms with Crippen molar-refractivity contribution >= 4 is 47.8 Å². The molecule has 0 amide bonds. The van der Waals surface area contributed by atoms with E-state index in [-0.39, 0.29) is 47.8 Å². The fourth-order valence-electron chi connectivity index (χ4n) is 13.3. The first-order valence-electron chi connectivity index (χ1n) is 54.5. The lowest BCUT2D eigenvalue weighted by atomic mass is 10.0. The Morgan fingerprint density at radius 3 is 0.278 bits per heavy atom. The SMILES string of the molecule is C=C(C)C(=O)OC.C=C(C)C(=O)OCCCCCC.C=C(C)C(=O)OCCCCCCCC.C=C(C)C(=O)OCCCCCCCCCC.C=C(C)C(=O)OCCCCCCCCCCCC.C=C(C)C(=O)OCCCCCCCCCCCCCC.C=C(C)C(=O)OCCCCCCCCCCCCCCCC.C=C(C)C(=O)OCCCCCCCCCCCCCCCCCC. The molecule has 0 spiro atoms. The van der Waals surface area contributed by atoms with E-state index in [4.69, 9.17) is 33.2 Å². The van der Waals surface area contributed by atoms with Crippen LogP contribution in [0.25, 0.3) is 0 Å². The van der Waals surface area contributed by atoms with Gasteiger partial charge < -0.3 is 37.9 Å². The average molecular weight is 1880 g/mol. The topological polar surface area (TPSA) is 210 Å². The van der Waals surface area contributed by atoms with Crippen molar-refractivity contribution in [2.75, 3.05) is 53.4 Å². The monoisotopic (exact) mass is 1880 g/mol. The minimum Gasteiger partial charge on any atom is -0.466 e. The Hall–Kier alpha value is -6.32. The Balaban J connectivity index is -0.000000228. The van der Waals surface area contributed by atoms with Gasteiger partial charge in [0.15, 0.2) is 0 Å². The Bertz CT molecular complexity index is 2720. The number of methoxy groups -OCH3 is 1. The summed E-state index contributed by atoms with van der Waals surface area (Å²) in [5, 5.41) is 0. The van der Waals surface area contributed by atoms with Crippen LogP contribution in [0.1, 0.15) is 553 Å². The number of esters is 8. The smallest absolute Gasteiger partial charge is 0.333 e. The third kappa shape index (κ3) is 136. The summed E-state index contributed by atoms with van der Waals surface area (Å²) in [5.74, 6) is -2.17. The molecule has 0 unspecified atom stereocenters. The molecular formula is C117H218O16. The van der Waals surface area contributed by atoms with Gasteiger partial charge in [0.1, 0.15) is 0 Å². The standard InChI is InChI=1S/C22H42O2.C20H38O2.C18H34O2.C16H30O2.C14H26O2.C12H22O2.C10H18O2.C5H8O2/c1-4-5-6-7-8-9-10-11-12-13-14-15-16-17-18-19-20-24-22(23)21(2)3;1-4-5-6-7-8-9-10-11-12-13-14-15-16-17-18-22-20(21)19(2)3;1-4-5-6-7-8-9-10-11-12-13-14-15-16-20-18(19)17(2)3;1-4-5-6-7-8-9-10-11-12-13-14-18-16(17)15(2)3;1-4-5-6-7-8-9-10-11-12-16-14(15)13(2)3;1-4-5-6-7-8-9-10-14-12(13)11(2)3;1-4-5-6-7-8-12-10(11)9(2)3;1-4(2)5(6)7-3/h2,4-20H2,1,3H3;2,4-18H2,1,3H3;2,4-16H2,1,3H3;2,4-14H2,1,3H3;2,4-12H2,1,3H3;2,4-10H2,1,3H3;2,4-8H2,1,3H3;1H2,2-3H3. The van der Waals surface area contributed by atoms with Gasteiger partial charge in [-0.2, -0.15) is 0 Å². The molecule has 0 saturated heterocycles. The summed E-state index contributed by atoms with van der Waals surface area (Å²) < 4.78 is 39.4. The van der Waals surface area contributed by atoms with E-state index in [9.17, 15) is 38.4 Å². The molecule has 16 nitrogen and oxygen atoms in total. The van der Waals surface area contributed by atoms with Crippen LogP contribution in [0.15, 0.2) is 97.2 Å². The van der Waals surface area contributed by atoms with E-state index < -0.39 is 0 Å². The van der Waals surface area contributed by atoms with Gasteiger partial charge in [-0.25, -0.2) is 38.4 Å². The third-order valence-corrected chi connectivity index (χ3v) is 22.1. The van der Waals surface area contributed by atoms with Crippen LogP contribution in [-0.4, -0.2) is 101 Å². The molecule has 133 heavy (non-hydrogen) atoms. The molecule has 16 heteroatoms. The number of ether oxygens (including phenoxy) is 8. The fraction of sp³-hybridized carbons (Fsp3) is 0.795. The van der Waals surface area contributed by atoms with E-state index in [1.807, 2.05) is 0 Å².